The highest BCUT2D eigenvalue weighted by atomic mass is 16.3. The Morgan fingerprint density at radius 3 is 2.37 bits per heavy atom. The van der Waals surface area contributed by atoms with Crippen LogP contribution in [-0.4, -0.2) is 81.6 Å². The fourth-order valence-electron chi connectivity index (χ4n) is 4.48. The second-order valence-electron chi connectivity index (χ2n) is 7.95. The van der Waals surface area contributed by atoms with Gasteiger partial charge in [-0.15, -0.1) is 0 Å². The highest BCUT2D eigenvalue weighted by Gasteiger charge is 2.47. The smallest absolute Gasteiger partial charge is 0.320 e. The fraction of sp³-hybridized carbons (Fsp3) is 0.632. The Hall–Kier alpha value is -2.35. The zero-order chi connectivity index (χ0) is 19.0. The molecule has 8 nitrogen and oxygen atoms in total. The molecule has 4 heterocycles. The molecule has 27 heavy (non-hydrogen) atoms. The maximum absolute atomic E-state index is 12.8. The average molecular weight is 373 g/mol. The number of carbonyl (C=O) groups excluding carboxylic acids is 2. The van der Waals surface area contributed by atoms with Crippen molar-refractivity contribution in [2.75, 3.05) is 45.0 Å². The van der Waals surface area contributed by atoms with E-state index < -0.39 is 5.60 Å². The number of urea groups is 1. The van der Waals surface area contributed by atoms with Crippen LogP contribution in [0.1, 0.15) is 36.0 Å². The first-order valence-electron chi connectivity index (χ1n) is 9.73. The summed E-state index contributed by atoms with van der Waals surface area (Å²) in [5, 5.41) is 11.0. The van der Waals surface area contributed by atoms with Crippen molar-refractivity contribution in [3.8, 4) is 0 Å². The van der Waals surface area contributed by atoms with Gasteiger partial charge in [-0.1, -0.05) is 0 Å². The van der Waals surface area contributed by atoms with Crippen LogP contribution in [0.4, 0.5) is 10.6 Å². The number of carbonyl (C=O) groups is 2. The molecule has 3 amide bonds. The lowest BCUT2D eigenvalue weighted by Gasteiger charge is -2.50. The normalized spacial score (nSPS) is 28.2. The number of aliphatic hydroxyl groups is 1. The van der Waals surface area contributed by atoms with E-state index in [1.165, 1.54) is 6.20 Å². The predicted molar refractivity (Wildman–Crippen MR) is 100 cm³/mol. The average Bonchev–Trinajstić information content (AvgIpc) is 3.21. The molecule has 3 saturated heterocycles. The molecule has 2 atom stereocenters. The number of hydrogen-bond acceptors (Lipinski definition) is 5. The molecule has 146 valence electrons. The number of fused-ring (bicyclic) bond motifs is 1. The van der Waals surface area contributed by atoms with Crippen LogP contribution in [0.15, 0.2) is 18.3 Å². The van der Waals surface area contributed by atoms with E-state index in [2.05, 4.69) is 4.98 Å². The summed E-state index contributed by atoms with van der Waals surface area (Å²) in [7, 11) is 0. The Morgan fingerprint density at radius 1 is 1.04 bits per heavy atom. The van der Waals surface area contributed by atoms with Gasteiger partial charge in [0.1, 0.15) is 5.82 Å². The third-order valence-electron chi connectivity index (χ3n) is 6.24. The number of nitrogens with two attached hydrogens (primary N) is 1. The molecule has 1 aromatic rings. The maximum Gasteiger partial charge on any atom is 0.320 e. The predicted octanol–water partition coefficient (Wildman–Crippen LogP) is 0.778. The van der Waals surface area contributed by atoms with Gasteiger partial charge in [0.2, 0.25) is 0 Å². The first-order valence-corrected chi connectivity index (χ1v) is 9.73. The molecule has 0 aromatic carbocycles. The standard InChI is InChI=1S/C19H27N5O3/c20-16-4-3-14(11-21-16)17(25)23-9-5-19(27)6-10-24(13-15(19)12-23)18(26)22-7-1-2-8-22/h3-4,11,15,27H,1-2,5-10,12-13H2,(H2,20,21)/t15-,19-/m1/s1. The topological polar surface area (TPSA) is 103 Å². The van der Waals surface area contributed by atoms with Crippen LogP contribution in [0.5, 0.6) is 0 Å². The molecular formula is C19H27N5O3. The summed E-state index contributed by atoms with van der Waals surface area (Å²) in [6.45, 7) is 3.67. The molecule has 3 aliphatic rings. The van der Waals surface area contributed by atoms with E-state index in [9.17, 15) is 14.7 Å². The summed E-state index contributed by atoms with van der Waals surface area (Å²) in [6.07, 6.45) is 4.72. The van der Waals surface area contributed by atoms with Crippen LogP contribution >= 0.6 is 0 Å². The Kier molecular flexibility index (Phi) is 4.67. The highest BCUT2D eigenvalue weighted by molar-refractivity contribution is 5.94. The zero-order valence-corrected chi connectivity index (χ0v) is 15.5. The van der Waals surface area contributed by atoms with Gasteiger partial charge in [-0.05, 0) is 37.8 Å². The Morgan fingerprint density at radius 2 is 1.70 bits per heavy atom. The van der Waals surface area contributed by atoms with Crippen LogP contribution in [0.2, 0.25) is 0 Å². The molecule has 8 heteroatoms. The van der Waals surface area contributed by atoms with Crippen molar-refractivity contribution in [2.45, 2.75) is 31.3 Å². The highest BCUT2D eigenvalue weighted by Crippen LogP contribution is 2.36. The minimum atomic E-state index is -0.794. The minimum Gasteiger partial charge on any atom is -0.389 e. The second kappa shape index (κ2) is 6.99. The third kappa shape index (κ3) is 3.45. The minimum absolute atomic E-state index is 0.0701. The molecule has 4 rings (SSSR count). The quantitative estimate of drug-likeness (QED) is 0.757. The number of amides is 3. The summed E-state index contributed by atoms with van der Waals surface area (Å²) >= 11 is 0. The van der Waals surface area contributed by atoms with Gasteiger partial charge >= 0.3 is 6.03 Å². The Balaban J connectivity index is 1.44. The molecule has 0 saturated carbocycles. The molecule has 0 radical (unpaired) electrons. The van der Waals surface area contributed by atoms with Gasteiger partial charge in [0.25, 0.3) is 5.91 Å². The number of hydrogen-bond donors (Lipinski definition) is 2. The van der Waals surface area contributed by atoms with Crippen molar-refractivity contribution >= 4 is 17.8 Å². The molecule has 3 fully saturated rings. The summed E-state index contributed by atoms with van der Waals surface area (Å²) in [5.41, 5.74) is 5.30. The number of likely N-dealkylation sites (tertiary alicyclic amines) is 3. The first-order chi connectivity index (χ1) is 13.0. The van der Waals surface area contributed by atoms with E-state index in [1.54, 1.807) is 17.0 Å². The van der Waals surface area contributed by atoms with Crippen LogP contribution in [-0.2, 0) is 0 Å². The van der Waals surface area contributed by atoms with Crippen molar-refractivity contribution in [3.63, 3.8) is 0 Å². The first kappa shape index (κ1) is 18.0. The molecule has 0 aliphatic carbocycles. The lowest BCUT2D eigenvalue weighted by atomic mass is 9.75. The fourth-order valence-corrected chi connectivity index (χ4v) is 4.48. The molecule has 0 spiro atoms. The van der Waals surface area contributed by atoms with E-state index in [-0.39, 0.29) is 17.9 Å². The van der Waals surface area contributed by atoms with Gasteiger partial charge in [-0.2, -0.15) is 0 Å². The summed E-state index contributed by atoms with van der Waals surface area (Å²) in [4.78, 5) is 35.0. The van der Waals surface area contributed by atoms with Crippen LogP contribution in [0.25, 0.3) is 0 Å². The number of piperidine rings is 2. The zero-order valence-electron chi connectivity index (χ0n) is 15.5. The molecule has 3 aliphatic heterocycles. The summed E-state index contributed by atoms with van der Waals surface area (Å²) < 4.78 is 0. The van der Waals surface area contributed by atoms with Gasteiger partial charge in [0.05, 0.1) is 11.2 Å². The number of rotatable bonds is 1. The van der Waals surface area contributed by atoms with E-state index in [4.69, 9.17) is 5.73 Å². The largest absolute Gasteiger partial charge is 0.389 e. The van der Waals surface area contributed by atoms with E-state index >= 15 is 0 Å². The van der Waals surface area contributed by atoms with Crippen LogP contribution in [0.3, 0.4) is 0 Å². The van der Waals surface area contributed by atoms with Crippen molar-refractivity contribution in [3.05, 3.63) is 23.9 Å². The number of nitrogens with zero attached hydrogens (tertiary/aromatic N) is 4. The Labute approximate surface area is 158 Å². The van der Waals surface area contributed by atoms with Gasteiger partial charge in [0.15, 0.2) is 0 Å². The Bertz CT molecular complexity index is 719. The maximum atomic E-state index is 12.8. The number of pyridine rings is 1. The van der Waals surface area contributed by atoms with E-state index in [1.807, 2.05) is 9.80 Å². The van der Waals surface area contributed by atoms with Crippen molar-refractivity contribution in [2.24, 2.45) is 5.92 Å². The number of anilines is 1. The second-order valence-corrected chi connectivity index (χ2v) is 7.95. The molecular weight excluding hydrogens is 346 g/mol. The monoisotopic (exact) mass is 373 g/mol. The van der Waals surface area contributed by atoms with Gasteiger partial charge in [-0.3, -0.25) is 4.79 Å². The van der Waals surface area contributed by atoms with Crippen molar-refractivity contribution in [1.82, 2.24) is 19.7 Å². The van der Waals surface area contributed by atoms with Crippen LogP contribution in [0, 0.1) is 5.92 Å². The number of nitrogen functional groups attached to an aromatic ring is 1. The third-order valence-corrected chi connectivity index (χ3v) is 6.24. The molecule has 3 N–H and O–H groups in total. The van der Waals surface area contributed by atoms with Gasteiger partial charge in [0, 0.05) is 51.4 Å². The number of aromatic nitrogens is 1. The lowest BCUT2D eigenvalue weighted by Crippen LogP contribution is -2.62. The SMILES string of the molecule is Nc1ccc(C(=O)N2CC[C@@]3(O)CCN(C(=O)N4CCCC4)C[C@H]3C2)cn1. The van der Waals surface area contributed by atoms with Crippen molar-refractivity contribution < 1.29 is 14.7 Å². The van der Waals surface area contributed by atoms with Crippen molar-refractivity contribution in [1.29, 1.82) is 0 Å². The lowest BCUT2D eigenvalue weighted by molar-refractivity contribution is -0.101. The van der Waals surface area contributed by atoms with Crippen LogP contribution < -0.4 is 5.73 Å². The summed E-state index contributed by atoms with van der Waals surface area (Å²) in [5.74, 6) is 0.146. The molecule has 0 unspecified atom stereocenters. The van der Waals surface area contributed by atoms with Gasteiger partial charge < -0.3 is 25.5 Å². The van der Waals surface area contributed by atoms with Gasteiger partial charge in [-0.25, -0.2) is 9.78 Å². The molecule has 1 aromatic heterocycles. The molecule has 0 bridgehead atoms. The van der Waals surface area contributed by atoms with E-state index in [0.29, 0.717) is 50.4 Å². The van der Waals surface area contributed by atoms with E-state index in [0.717, 1.165) is 25.9 Å². The summed E-state index contributed by atoms with van der Waals surface area (Å²) in [6, 6.07) is 3.36.